The lowest BCUT2D eigenvalue weighted by Crippen LogP contribution is -2.50. The molecule has 4 aromatic rings. The highest BCUT2D eigenvalue weighted by Crippen LogP contribution is 2.30. The number of para-hydroxylation sites is 1. The number of amides is 3. The Morgan fingerprint density at radius 3 is 2.52 bits per heavy atom. The van der Waals surface area contributed by atoms with E-state index in [1.807, 2.05) is 93.6 Å². The van der Waals surface area contributed by atoms with Crippen molar-refractivity contribution < 1.29 is 18.8 Å². The molecule has 0 spiro atoms. The number of carbonyl (C=O) groups is 3. The fourth-order valence-corrected chi connectivity index (χ4v) is 5.54. The zero-order chi connectivity index (χ0) is 31.1. The molecule has 1 aromatic heterocycles. The molecule has 0 fully saturated rings. The summed E-state index contributed by atoms with van der Waals surface area (Å²) in [6, 6.07) is 22.7. The van der Waals surface area contributed by atoms with Crippen LogP contribution in [0.4, 0.5) is 5.69 Å². The summed E-state index contributed by atoms with van der Waals surface area (Å²) < 4.78 is 5.29. The van der Waals surface area contributed by atoms with E-state index in [1.54, 1.807) is 11.1 Å². The molecule has 1 atom stereocenters. The van der Waals surface area contributed by atoms with E-state index >= 15 is 0 Å². The Bertz CT molecular complexity index is 1600. The minimum atomic E-state index is -0.650. The largest absolute Gasteiger partial charge is 0.447 e. The van der Waals surface area contributed by atoms with Gasteiger partial charge in [-0.05, 0) is 68.0 Å². The number of fused-ring (bicyclic) bond motifs is 1. The van der Waals surface area contributed by atoms with Gasteiger partial charge in [-0.15, -0.1) is 0 Å². The standard InChI is InChI=1S/C35H39N5O4/c1-4-37-33(42)29-11-7-6-10-28(29)25-15-13-24(14-16-25)22-40-31-12-8-5-9-26(31)17-18-30(34(40)43)39-32(41)19-35(2,3)38-21-27-20-36-23-44-27/h5-16,20,23,30,38H,4,17-19,21-22H2,1-3H3,(H,37,42)(H,39,41)/t30-/m1/s1. The lowest BCUT2D eigenvalue weighted by atomic mass is 9.98. The van der Waals surface area contributed by atoms with Gasteiger partial charge in [0.25, 0.3) is 5.91 Å². The molecule has 0 radical (unpaired) electrons. The SMILES string of the molecule is CCNC(=O)c1ccccc1-c1ccc(CN2C(=O)[C@H](NC(=O)CC(C)(C)NCc3cnco3)CCc3ccccc32)cc1. The quantitative estimate of drug-likeness (QED) is 0.225. The van der Waals surface area contributed by atoms with E-state index in [-0.39, 0.29) is 24.1 Å². The predicted molar refractivity (Wildman–Crippen MR) is 170 cm³/mol. The first-order chi connectivity index (χ1) is 21.2. The van der Waals surface area contributed by atoms with Crippen LogP contribution in [0.25, 0.3) is 11.1 Å². The number of carbonyl (C=O) groups excluding carboxylic acids is 3. The van der Waals surface area contributed by atoms with Crippen LogP contribution in [-0.4, -0.2) is 40.8 Å². The van der Waals surface area contributed by atoms with E-state index in [9.17, 15) is 14.4 Å². The monoisotopic (exact) mass is 593 g/mol. The van der Waals surface area contributed by atoms with Gasteiger partial charge in [-0.1, -0.05) is 60.7 Å². The Hall–Kier alpha value is -4.76. The molecule has 2 heterocycles. The summed E-state index contributed by atoms with van der Waals surface area (Å²) in [5, 5.41) is 9.23. The van der Waals surface area contributed by atoms with E-state index in [0.29, 0.717) is 43.8 Å². The van der Waals surface area contributed by atoms with Gasteiger partial charge in [0.15, 0.2) is 6.39 Å². The van der Waals surface area contributed by atoms with Gasteiger partial charge in [-0.25, -0.2) is 4.98 Å². The molecule has 0 bridgehead atoms. The van der Waals surface area contributed by atoms with Crippen molar-refractivity contribution in [1.82, 2.24) is 20.9 Å². The van der Waals surface area contributed by atoms with E-state index in [4.69, 9.17) is 4.42 Å². The predicted octanol–water partition coefficient (Wildman–Crippen LogP) is 5.01. The van der Waals surface area contributed by atoms with Crippen LogP contribution < -0.4 is 20.9 Å². The lowest BCUT2D eigenvalue weighted by molar-refractivity contribution is -0.128. The Morgan fingerprint density at radius 2 is 1.77 bits per heavy atom. The van der Waals surface area contributed by atoms with Crippen molar-refractivity contribution in [2.75, 3.05) is 11.4 Å². The number of rotatable bonds is 11. The summed E-state index contributed by atoms with van der Waals surface area (Å²) in [4.78, 5) is 45.5. The molecule has 1 aliphatic heterocycles. The summed E-state index contributed by atoms with van der Waals surface area (Å²) in [5.74, 6) is 0.243. The highest BCUT2D eigenvalue weighted by molar-refractivity contribution is 6.01. The Labute approximate surface area is 258 Å². The number of aryl methyl sites for hydroxylation is 1. The van der Waals surface area contributed by atoms with Crippen molar-refractivity contribution >= 4 is 23.4 Å². The number of aromatic nitrogens is 1. The Morgan fingerprint density at radius 1 is 1.02 bits per heavy atom. The van der Waals surface area contributed by atoms with Gasteiger partial charge in [0, 0.05) is 29.8 Å². The molecule has 44 heavy (non-hydrogen) atoms. The number of oxazole rings is 1. The van der Waals surface area contributed by atoms with Gasteiger partial charge < -0.3 is 25.3 Å². The minimum Gasteiger partial charge on any atom is -0.447 e. The molecule has 228 valence electrons. The number of nitrogens with one attached hydrogen (secondary N) is 3. The average Bonchev–Trinajstić information content (AvgIpc) is 3.51. The summed E-state index contributed by atoms with van der Waals surface area (Å²) in [6.07, 6.45) is 4.39. The van der Waals surface area contributed by atoms with Gasteiger partial charge in [0.1, 0.15) is 11.8 Å². The third kappa shape index (κ3) is 7.41. The number of hydrogen-bond donors (Lipinski definition) is 3. The van der Waals surface area contributed by atoms with Crippen LogP contribution >= 0.6 is 0 Å². The third-order valence-electron chi connectivity index (χ3n) is 7.83. The molecule has 9 nitrogen and oxygen atoms in total. The van der Waals surface area contributed by atoms with Crippen LogP contribution in [-0.2, 0) is 29.1 Å². The van der Waals surface area contributed by atoms with E-state index in [2.05, 4.69) is 20.9 Å². The van der Waals surface area contributed by atoms with E-state index in [1.165, 1.54) is 6.39 Å². The molecular formula is C35H39N5O4. The van der Waals surface area contributed by atoms with Crippen molar-refractivity contribution in [3.05, 3.63) is 108 Å². The number of benzene rings is 3. The van der Waals surface area contributed by atoms with E-state index in [0.717, 1.165) is 27.9 Å². The minimum absolute atomic E-state index is 0.110. The molecule has 0 unspecified atom stereocenters. The van der Waals surface area contributed by atoms with E-state index < -0.39 is 11.6 Å². The van der Waals surface area contributed by atoms with Crippen LogP contribution in [0.3, 0.4) is 0 Å². The summed E-state index contributed by atoms with van der Waals surface area (Å²) in [5.41, 5.74) is 4.73. The maximum Gasteiger partial charge on any atom is 0.251 e. The zero-order valence-corrected chi connectivity index (χ0v) is 25.4. The highest BCUT2D eigenvalue weighted by atomic mass is 16.3. The molecular weight excluding hydrogens is 554 g/mol. The first-order valence-electron chi connectivity index (χ1n) is 15.0. The van der Waals surface area contributed by atoms with Crippen molar-refractivity contribution in [3.63, 3.8) is 0 Å². The average molecular weight is 594 g/mol. The second-order valence-electron chi connectivity index (χ2n) is 11.7. The van der Waals surface area contributed by atoms with Crippen LogP contribution in [0.5, 0.6) is 0 Å². The van der Waals surface area contributed by atoms with Gasteiger partial charge in [0.2, 0.25) is 11.8 Å². The summed E-state index contributed by atoms with van der Waals surface area (Å²) >= 11 is 0. The van der Waals surface area contributed by atoms with Crippen LogP contribution in [0, 0.1) is 0 Å². The molecule has 3 amide bonds. The second-order valence-corrected chi connectivity index (χ2v) is 11.7. The first kappa shape index (κ1) is 30.7. The van der Waals surface area contributed by atoms with Crippen LogP contribution in [0.1, 0.15) is 60.9 Å². The molecule has 0 aliphatic carbocycles. The number of hydrogen-bond acceptors (Lipinski definition) is 6. The topological polar surface area (TPSA) is 117 Å². The molecule has 3 aromatic carbocycles. The Balaban J connectivity index is 1.31. The van der Waals surface area contributed by atoms with Crippen molar-refractivity contribution in [3.8, 4) is 11.1 Å². The fraction of sp³-hybridized carbons (Fsp3) is 0.314. The van der Waals surface area contributed by atoms with Gasteiger partial charge >= 0.3 is 0 Å². The normalized spacial score (nSPS) is 14.9. The number of anilines is 1. The maximum absolute atomic E-state index is 14.0. The highest BCUT2D eigenvalue weighted by Gasteiger charge is 2.32. The molecule has 0 saturated heterocycles. The molecule has 5 rings (SSSR count). The van der Waals surface area contributed by atoms with Crippen molar-refractivity contribution in [2.45, 2.75) is 64.7 Å². The zero-order valence-electron chi connectivity index (χ0n) is 25.4. The van der Waals surface area contributed by atoms with Gasteiger partial charge in [0.05, 0.1) is 19.3 Å². The van der Waals surface area contributed by atoms with Crippen LogP contribution in [0.15, 0.2) is 89.8 Å². The lowest BCUT2D eigenvalue weighted by Gasteiger charge is -2.28. The molecule has 9 heteroatoms. The summed E-state index contributed by atoms with van der Waals surface area (Å²) in [6.45, 7) is 7.13. The maximum atomic E-state index is 14.0. The first-order valence-corrected chi connectivity index (χ1v) is 15.0. The van der Waals surface area contributed by atoms with Gasteiger partial charge in [-0.3, -0.25) is 14.4 Å². The van der Waals surface area contributed by atoms with Crippen molar-refractivity contribution in [1.29, 1.82) is 0 Å². The fourth-order valence-electron chi connectivity index (χ4n) is 5.54. The molecule has 0 saturated carbocycles. The van der Waals surface area contributed by atoms with Crippen molar-refractivity contribution in [2.24, 2.45) is 0 Å². The summed E-state index contributed by atoms with van der Waals surface area (Å²) in [7, 11) is 0. The smallest absolute Gasteiger partial charge is 0.251 e. The molecule has 1 aliphatic rings. The van der Waals surface area contributed by atoms with Crippen LogP contribution in [0.2, 0.25) is 0 Å². The third-order valence-corrected chi connectivity index (χ3v) is 7.83. The van der Waals surface area contributed by atoms with Gasteiger partial charge in [-0.2, -0.15) is 0 Å². The second kappa shape index (κ2) is 13.7. The number of nitrogens with zero attached hydrogens (tertiary/aromatic N) is 2. The Kier molecular flexibility index (Phi) is 9.55. The molecule has 3 N–H and O–H groups in total.